The molecule has 4 nitrogen and oxygen atoms in total. The van der Waals surface area contributed by atoms with Gasteiger partial charge in [0.15, 0.2) is 6.10 Å². The van der Waals surface area contributed by atoms with Gasteiger partial charge in [-0.25, -0.2) is 4.39 Å². The molecule has 162 valence electrons. The molecule has 1 fully saturated rings. The van der Waals surface area contributed by atoms with Gasteiger partial charge in [0, 0.05) is 30.7 Å². The van der Waals surface area contributed by atoms with Crippen molar-refractivity contribution >= 4 is 16.8 Å². The highest BCUT2D eigenvalue weighted by Gasteiger charge is 2.26. The van der Waals surface area contributed by atoms with Crippen LogP contribution in [0.2, 0.25) is 0 Å². The smallest absolute Gasteiger partial charge is 0.263 e. The summed E-state index contributed by atoms with van der Waals surface area (Å²) in [6.07, 6.45) is 3.43. The molecule has 5 heteroatoms. The first-order chi connectivity index (χ1) is 14.8. The Morgan fingerprint density at radius 1 is 1.19 bits per heavy atom. The average molecular weight is 421 g/mol. The molecule has 0 N–H and O–H groups in total. The van der Waals surface area contributed by atoms with Crippen LogP contribution in [-0.2, 0) is 4.79 Å². The van der Waals surface area contributed by atoms with Gasteiger partial charge in [0.1, 0.15) is 11.6 Å². The fourth-order valence-corrected chi connectivity index (χ4v) is 4.66. The van der Waals surface area contributed by atoms with Crippen LogP contribution in [0.25, 0.3) is 22.0 Å². The van der Waals surface area contributed by atoms with Gasteiger partial charge in [-0.05, 0) is 92.1 Å². The highest BCUT2D eigenvalue weighted by molar-refractivity contribution is 5.96. The molecule has 3 aromatic rings. The average Bonchev–Trinajstić information content (AvgIpc) is 2.72. The maximum atomic E-state index is 13.8. The van der Waals surface area contributed by atoms with Crippen molar-refractivity contribution < 1.29 is 13.9 Å². The van der Waals surface area contributed by atoms with Crippen LogP contribution in [0, 0.1) is 25.6 Å². The number of hydrogen-bond donors (Lipinski definition) is 0. The Balaban J connectivity index is 1.60. The molecule has 1 aliphatic rings. The van der Waals surface area contributed by atoms with Gasteiger partial charge >= 0.3 is 0 Å². The number of amides is 1. The number of ether oxygens (including phenoxy) is 1. The van der Waals surface area contributed by atoms with E-state index in [1.54, 1.807) is 25.3 Å². The molecule has 0 aliphatic carbocycles. The van der Waals surface area contributed by atoms with Crippen molar-refractivity contribution in [3.63, 3.8) is 0 Å². The van der Waals surface area contributed by atoms with Crippen molar-refractivity contribution in [2.24, 2.45) is 5.92 Å². The van der Waals surface area contributed by atoms with Crippen LogP contribution in [0.5, 0.6) is 5.75 Å². The van der Waals surface area contributed by atoms with E-state index in [1.807, 2.05) is 43.0 Å². The Bertz CT molecular complexity index is 1100. The number of halogens is 1. The van der Waals surface area contributed by atoms with E-state index in [2.05, 4.69) is 11.9 Å². The van der Waals surface area contributed by atoms with E-state index >= 15 is 0 Å². The van der Waals surface area contributed by atoms with Gasteiger partial charge < -0.3 is 9.64 Å². The second-order valence-electron chi connectivity index (χ2n) is 8.74. The van der Waals surface area contributed by atoms with Gasteiger partial charge in [-0.15, -0.1) is 0 Å². The Morgan fingerprint density at radius 3 is 2.65 bits per heavy atom. The number of hydrogen-bond acceptors (Lipinski definition) is 3. The highest BCUT2D eigenvalue weighted by Crippen LogP contribution is 2.34. The fourth-order valence-electron chi connectivity index (χ4n) is 4.66. The predicted octanol–water partition coefficient (Wildman–Crippen LogP) is 5.68. The van der Waals surface area contributed by atoms with Crippen molar-refractivity contribution in [3.05, 3.63) is 59.5 Å². The zero-order chi connectivity index (χ0) is 22.1. The maximum Gasteiger partial charge on any atom is 0.263 e. The topological polar surface area (TPSA) is 42.4 Å². The first-order valence-corrected chi connectivity index (χ1v) is 10.9. The largest absolute Gasteiger partial charge is 0.481 e. The third kappa shape index (κ3) is 4.41. The van der Waals surface area contributed by atoms with E-state index in [0.717, 1.165) is 52.7 Å². The normalized spacial score (nSPS) is 17.6. The lowest BCUT2D eigenvalue weighted by Gasteiger charge is -2.32. The van der Waals surface area contributed by atoms with Crippen LogP contribution in [0.15, 0.2) is 42.6 Å². The van der Waals surface area contributed by atoms with Crippen molar-refractivity contribution in [2.45, 2.75) is 46.6 Å². The summed E-state index contributed by atoms with van der Waals surface area (Å²) >= 11 is 0. The Labute approximate surface area is 183 Å². The van der Waals surface area contributed by atoms with Crippen molar-refractivity contribution in [2.75, 3.05) is 13.1 Å². The van der Waals surface area contributed by atoms with Gasteiger partial charge in [-0.1, -0.05) is 6.92 Å². The Hall–Kier alpha value is -2.95. The quantitative estimate of drug-likeness (QED) is 0.545. The lowest BCUT2D eigenvalue weighted by atomic mass is 9.93. The summed E-state index contributed by atoms with van der Waals surface area (Å²) < 4.78 is 19.8. The lowest BCUT2D eigenvalue weighted by Crippen LogP contribution is -2.45. The monoisotopic (exact) mass is 420 g/mol. The number of fused-ring (bicyclic) bond motifs is 1. The molecule has 1 aromatic heterocycles. The second kappa shape index (κ2) is 8.66. The number of carbonyl (C=O) groups excluding carboxylic acids is 1. The molecule has 1 aliphatic heterocycles. The highest BCUT2D eigenvalue weighted by atomic mass is 19.1. The number of nitrogens with zero attached hydrogens (tertiary/aromatic N) is 2. The van der Waals surface area contributed by atoms with Crippen LogP contribution < -0.4 is 4.74 Å². The summed E-state index contributed by atoms with van der Waals surface area (Å²) in [6, 6.07) is 10.8. The third-order valence-electron chi connectivity index (χ3n) is 6.11. The van der Waals surface area contributed by atoms with Crippen LogP contribution in [-0.4, -0.2) is 35.0 Å². The fraction of sp³-hybridized carbons (Fsp3) is 0.385. The van der Waals surface area contributed by atoms with E-state index in [9.17, 15) is 9.18 Å². The zero-order valence-corrected chi connectivity index (χ0v) is 18.6. The van der Waals surface area contributed by atoms with Gasteiger partial charge in [0.05, 0.1) is 5.52 Å². The molecule has 0 unspecified atom stereocenters. The van der Waals surface area contributed by atoms with Crippen molar-refractivity contribution in [1.82, 2.24) is 9.88 Å². The third-order valence-corrected chi connectivity index (χ3v) is 6.11. The second-order valence-corrected chi connectivity index (χ2v) is 8.74. The number of likely N-dealkylation sites (tertiary alicyclic amines) is 1. The summed E-state index contributed by atoms with van der Waals surface area (Å²) in [6.45, 7) is 9.43. The van der Waals surface area contributed by atoms with E-state index < -0.39 is 6.10 Å². The predicted molar refractivity (Wildman–Crippen MR) is 122 cm³/mol. The molecule has 2 heterocycles. The molecule has 0 spiro atoms. The summed E-state index contributed by atoms with van der Waals surface area (Å²) in [7, 11) is 0. The standard InChI is InChI=1S/C26H29FN2O2/c1-16-6-5-11-29(15-16)26(30)19(4)31-21-7-8-22-23(9-10-28-24(22)14-21)25-17(2)12-20(27)13-18(25)3/h7-10,12-14,16,19H,5-6,11,15H2,1-4H3/t16-,19+/m0/s1. The minimum Gasteiger partial charge on any atom is -0.481 e. The SMILES string of the molecule is Cc1cc(F)cc(C)c1-c1ccnc2cc(O[C@H](C)C(=O)N3CCC[C@H](C)C3)ccc12. The Kier molecular flexibility index (Phi) is 5.94. The Morgan fingerprint density at radius 2 is 1.94 bits per heavy atom. The van der Waals surface area contributed by atoms with E-state index in [4.69, 9.17) is 4.74 Å². The number of pyridine rings is 1. The minimum atomic E-state index is -0.549. The number of carbonyl (C=O) groups is 1. The molecular formula is C26H29FN2O2. The molecule has 0 saturated carbocycles. The first-order valence-electron chi connectivity index (χ1n) is 10.9. The van der Waals surface area contributed by atoms with Crippen LogP contribution in [0.3, 0.4) is 0 Å². The van der Waals surface area contributed by atoms with Gasteiger partial charge in [-0.3, -0.25) is 9.78 Å². The van der Waals surface area contributed by atoms with Crippen LogP contribution in [0.4, 0.5) is 4.39 Å². The van der Waals surface area contributed by atoms with Crippen molar-refractivity contribution in [1.29, 1.82) is 0 Å². The van der Waals surface area contributed by atoms with E-state index in [-0.39, 0.29) is 11.7 Å². The van der Waals surface area contributed by atoms with Gasteiger partial charge in [-0.2, -0.15) is 0 Å². The number of piperidine rings is 1. The summed E-state index contributed by atoms with van der Waals surface area (Å²) in [5.41, 5.74) is 4.59. The number of aryl methyl sites for hydroxylation is 2. The molecule has 4 rings (SSSR count). The molecular weight excluding hydrogens is 391 g/mol. The maximum absolute atomic E-state index is 13.8. The first kappa shape index (κ1) is 21.3. The van der Waals surface area contributed by atoms with Crippen LogP contribution in [0.1, 0.15) is 37.8 Å². The zero-order valence-electron chi connectivity index (χ0n) is 18.6. The molecule has 2 aromatic carbocycles. The number of aromatic nitrogens is 1. The molecule has 1 amide bonds. The van der Waals surface area contributed by atoms with E-state index in [1.165, 1.54) is 6.42 Å². The van der Waals surface area contributed by atoms with Gasteiger partial charge in [0.2, 0.25) is 0 Å². The summed E-state index contributed by atoms with van der Waals surface area (Å²) in [4.78, 5) is 19.2. The van der Waals surface area contributed by atoms with Crippen LogP contribution >= 0.6 is 0 Å². The van der Waals surface area contributed by atoms with Gasteiger partial charge in [0.25, 0.3) is 5.91 Å². The summed E-state index contributed by atoms with van der Waals surface area (Å²) in [5, 5.41) is 0.969. The van der Waals surface area contributed by atoms with Crippen molar-refractivity contribution in [3.8, 4) is 16.9 Å². The lowest BCUT2D eigenvalue weighted by molar-refractivity contribution is -0.139. The number of benzene rings is 2. The molecule has 0 bridgehead atoms. The minimum absolute atomic E-state index is 0.0333. The molecule has 31 heavy (non-hydrogen) atoms. The summed E-state index contributed by atoms with van der Waals surface area (Å²) in [5.74, 6) is 0.961. The molecule has 1 saturated heterocycles. The molecule has 2 atom stereocenters. The van der Waals surface area contributed by atoms with E-state index in [0.29, 0.717) is 11.7 Å². The molecule has 0 radical (unpaired) electrons. The number of rotatable bonds is 4.